The summed E-state index contributed by atoms with van der Waals surface area (Å²) in [5.74, 6) is -0.224. The third kappa shape index (κ3) is 4.06. The van der Waals surface area contributed by atoms with Gasteiger partial charge in [0, 0.05) is 28.5 Å². The Bertz CT molecular complexity index is 897. The van der Waals surface area contributed by atoms with Crippen molar-refractivity contribution in [1.29, 1.82) is 0 Å². The number of aromatic nitrogens is 4. The van der Waals surface area contributed by atoms with Gasteiger partial charge in [0.1, 0.15) is 12.4 Å². The van der Waals surface area contributed by atoms with Gasteiger partial charge in [0.05, 0.1) is 12.2 Å². The van der Waals surface area contributed by atoms with E-state index in [1.54, 1.807) is 33.8 Å². The van der Waals surface area contributed by atoms with Gasteiger partial charge in [-0.3, -0.25) is 14.2 Å². The average Bonchev–Trinajstić information content (AvgIpc) is 3.09. The minimum absolute atomic E-state index is 0.0961. The van der Waals surface area contributed by atoms with Crippen molar-refractivity contribution < 1.29 is 9.18 Å². The topological polar surface area (TPSA) is 64.7 Å². The molecule has 0 saturated heterocycles. The van der Waals surface area contributed by atoms with Crippen LogP contribution in [0.1, 0.15) is 17.0 Å². The van der Waals surface area contributed by atoms with E-state index in [-0.39, 0.29) is 24.8 Å². The van der Waals surface area contributed by atoms with E-state index in [1.807, 2.05) is 19.9 Å². The Balaban J connectivity index is 1.71. The number of benzene rings is 1. The Morgan fingerprint density at radius 2 is 2.08 bits per heavy atom. The normalized spacial score (nSPS) is 10.9. The highest BCUT2D eigenvalue weighted by atomic mass is 35.5. The third-order valence-electron chi connectivity index (χ3n) is 3.70. The quantitative estimate of drug-likeness (QED) is 0.759. The van der Waals surface area contributed by atoms with Crippen LogP contribution in [0.3, 0.4) is 0 Å². The first-order valence-electron chi connectivity index (χ1n) is 7.69. The number of anilines is 1. The van der Waals surface area contributed by atoms with E-state index in [0.717, 1.165) is 11.4 Å². The summed E-state index contributed by atoms with van der Waals surface area (Å²) in [7, 11) is 0. The number of carbonyl (C=O) groups excluding carboxylic acids is 1. The summed E-state index contributed by atoms with van der Waals surface area (Å²) < 4.78 is 17.1. The molecule has 0 fully saturated rings. The smallest absolute Gasteiger partial charge is 0.247 e. The molecule has 0 aliphatic heterocycles. The van der Waals surface area contributed by atoms with Crippen LogP contribution in [0.25, 0.3) is 0 Å². The Kier molecular flexibility index (Phi) is 4.85. The minimum atomic E-state index is -0.387. The molecular formula is C17H17ClFN5O. The zero-order valence-corrected chi connectivity index (χ0v) is 14.6. The highest BCUT2D eigenvalue weighted by Gasteiger charge is 2.13. The second-order valence-electron chi connectivity index (χ2n) is 5.73. The van der Waals surface area contributed by atoms with Gasteiger partial charge in [0.15, 0.2) is 5.82 Å². The first-order valence-corrected chi connectivity index (χ1v) is 8.07. The van der Waals surface area contributed by atoms with Crippen LogP contribution >= 0.6 is 11.6 Å². The fourth-order valence-corrected chi connectivity index (χ4v) is 2.67. The molecule has 0 saturated carbocycles. The predicted octanol–water partition coefficient (Wildman–Crippen LogP) is 3.18. The molecule has 0 bridgehead atoms. The molecule has 1 N–H and O–H groups in total. The van der Waals surface area contributed by atoms with Crippen LogP contribution in [-0.4, -0.2) is 25.5 Å². The van der Waals surface area contributed by atoms with Crippen molar-refractivity contribution in [2.75, 3.05) is 5.32 Å². The second-order valence-corrected chi connectivity index (χ2v) is 6.14. The number of amides is 1. The summed E-state index contributed by atoms with van der Waals surface area (Å²) in [6.45, 7) is 3.96. The standard InChI is InChI=1S/C17H17ClFN5O/c1-11-6-7-23(21-11)10-17(25)20-16-8-12(2)24(22-16)9-13-14(18)4-3-5-15(13)19/h3-8H,9-10H2,1-2H3,(H,20,22,25). The Labute approximate surface area is 149 Å². The lowest BCUT2D eigenvalue weighted by Gasteiger charge is -2.07. The van der Waals surface area contributed by atoms with E-state index in [4.69, 9.17) is 11.6 Å². The van der Waals surface area contributed by atoms with E-state index in [2.05, 4.69) is 15.5 Å². The first-order chi connectivity index (χ1) is 11.9. The molecule has 130 valence electrons. The van der Waals surface area contributed by atoms with Crippen LogP contribution in [0.2, 0.25) is 5.02 Å². The number of rotatable bonds is 5. The SMILES string of the molecule is Cc1ccn(CC(=O)Nc2cc(C)n(Cc3c(F)cccc3Cl)n2)n1. The number of nitrogens with one attached hydrogen (secondary N) is 1. The lowest BCUT2D eigenvalue weighted by molar-refractivity contribution is -0.116. The van der Waals surface area contributed by atoms with E-state index in [1.165, 1.54) is 6.07 Å². The molecule has 0 radical (unpaired) electrons. The lowest BCUT2D eigenvalue weighted by Crippen LogP contribution is -2.19. The Hall–Kier alpha value is -2.67. The monoisotopic (exact) mass is 361 g/mol. The van der Waals surface area contributed by atoms with Crippen LogP contribution in [-0.2, 0) is 17.9 Å². The van der Waals surface area contributed by atoms with E-state index < -0.39 is 0 Å². The van der Waals surface area contributed by atoms with Gasteiger partial charge in [0.25, 0.3) is 0 Å². The summed E-state index contributed by atoms with van der Waals surface area (Å²) in [4.78, 5) is 12.1. The molecule has 2 aromatic heterocycles. The summed E-state index contributed by atoms with van der Waals surface area (Å²) in [6, 6.07) is 8.09. The highest BCUT2D eigenvalue weighted by molar-refractivity contribution is 6.31. The maximum absolute atomic E-state index is 13.9. The zero-order chi connectivity index (χ0) is 18.0. The minimum Gasteiger partial charge on any atom is -0.308 e. The van der Waals surface area contributed by atoms with Crippen LogP contribution in [0.4, 0.5) is 10.2 Å². The third-order valence-corrected chi connectivity index (χ3v) is 4.05. The van der Waals surface area contributed by atoms with E-state index in [9.17, 15) is 9.18 Å². The molecule has 3 rings (SSSR count). The van der Waals surface area contributed by atoms with E-state index in [0.29, 0.717) is 16.4 Å². The Morgan fingerprint density at radius 1 is 1.28 bits per heavy atom. The van der Waals surface area contributed by atoms with Crippen molar-refractivity contribution >= 4 is 23.3 Å². The summed E-state index contributed by atoms with van der Waals surface area (Å²) in [6.07, 6.45) is 1.74. The molecule has 3 aromatic rings. The fourth-order valence-electron chi connectivity index (χ4n) is 2.45. The molecule has 1 aromatic carbocycles. The summed E-state index contributed by atoms with van der Waals surface area (Å²) in [5, 5.41) is 11.5. The van der Waals surface area contributed by atoms with Gasteiger partial charge in [0.2, 0.25) is 5.91 Å². The van der Waals surface area contributed by atoms with Crippen molar-refractivity contribution in [1.82, 2.24) is 19.6 Å². The van der Waals surface area contributed by atoms with Crippen molar-refractivity contribution in [3.8, 4) is 0 Å². The second kappa shape index (κ2) is 7.06. The maximum atomic E-state index is 13.9. The van der Waals surface area contributed by atoms with Gasteiger partial charge in [-0.05, 0) is 32.0 Å². The number of halogens is 2. The number of hydrogen-bond acceptors (Lipinski definition) is 3. The van der Waals surface area contributed by atoms with Gasteiger partial charge >= 0.3 is 0 Å². The van der Waals surface area contributed by atoms with Crippen molar-refractivity contribution in [3.63, 3.8) is 0 Å². The van der Waals surface area contributed by atoms with E-state index >= 15 is 0 Å². The molecule has 0 unspecified atom stereocenters. The number of nitrogens with zero attached hydrogens (tertiary/aromatic N) is 4. The van der Waals surface area contributed by atoms with Crippen molar-refractivity contribution in [2.45, 2.75) is 26.9 Å². The Morgan fingerprint density at radius 3 is 2.76 bits per heavy atom. The molecule has 2 heterocycles. The average molecular weight is 362 g/mol. The molecule has 1 amide bonds. The molecule has 0 aliphatic carbocycles. The lowest BCUT2D eigenvalue weighted by atomic mass is 10.2. The molecule has 8 heteroatoms. The largest absolute Gasteiger partial charge is 0.308 e. The first kappa shape index (κ1) is 17.2. The molecule has 6 nitrogen and oxygen atoms in total. The zero-order valence-electron chi connectivity index (χ0n) is 13.8. The number of carbonyl (C=O) groups is 1. The van der Waals surface area contributed by atoms with Gasteiger partial charge < -0.3 is 5.32 Å². The van der Waals surface area contributed by atoms with Crippen LogP contribution in [0, 0.1) is 19.7 Å². The van der Waals surface area contributed by atoms with Gasteiger partial charge in [-0.25, -0.2) is 4.39 Å². The highest BCUT2D eigenvalue weighted by Crippen LogP contribution is 2.21. The molecule has 25 heavy (non-hydrogen) atoms. The predicted molar refractivity (Wildman–Crippen MR) is 93.1 cm³/mol. The fraction of sp³-hybridized carbons (Fsp3) is 0.235. The number of hydrogen-bond donors (Lipinski definition) is 1. The van der Waals surface area contributed by atoms with Crippen LogP contribution in [0.5, 0.6) is 0 Å². The maximum Gasteiger partial charge on any atom is 0.247 e. The number of aryl methyl sites for hydroxylation is 2. The van der Waals surface area contributed by atoms with Gasteiger partial charge in [-0.1, -0.05) is 17.7 Å². The van der Waals surface area contributed by atoms with Crippen molar-refractivity contribution in [2.24, 2.45) is 0 Å². The van der Waals surface area contributed by atoms with Gasteiger partial charge in [-0.2, -0.15) is 10.2 Å². The summed E-state index contributed by atoms with van der Waals surface area (Å²) in [5.41, 5.74) is 1.99. The van der Waals surface area contributed by atoms with Crippen LogP contribution < -0.4 is 5.32 Å². The molecule has 0 spiro atoms. The molecule has 0 aliphatic rings. The van der Waals surface area contributed by atoms with Gasteiger partial charge in [-0.15, -0.1) is 0 Å². The molecular weight excluding hydrogens is 345 g/mol. The van der Waals surface area contributed by atoms with Crippen molar-refractivity contribution in [3.05, 3.63) is 64.3 Å². The molecule has 0 atom stereocenters. The summed E-state index contributed by atoms with van der Waals surface area (Å²) >= 11 is 6.05. The van der Waals surface area contributed by atoms with Crippen LogP contribution in [0.15, 0.2) is 36.5 Å².